The van der Waals surface area contributed by atoms with Gasteiger partial charge in [-0.3, -0.25) is 0 Å². The maximum Gasteiger partial charge on any atom is 0.120 e. The number of ether oxygens (including phenoxy) is 1. The summed E-state index contributed by atoms with van der Waals surface area (Å²) in [5, 5.41) is 7.70. The molecule has 0 unspecified atom stereocenters. The van der Waals surface area contributed by atoms with Gasteiger partial charge in [0.25, 0.3) is 0 Å². The topological polar surface area (TPSA) is 74.8 Å². The van der Waals surface area contributed by atoms with Gasteiger partial charge in [0.1, 0.15) is 12.4 Å². The number of rotatable bonds is 5. The van der Waals surface area contributed by atoms with Crippen LogP contribution in [0.5, 0.6) is 5.75 Å². The molecule has 0 radical (unpaired) electrons. The summed E-state index contributed by atoms with van der Waals surface area (Å²) in [6.07, 6.45) is 2.90. The molecule has 1 aromatic heterocycles. The lowest BCUT2D eigenvalue weighted by Gasteiger charge is -2.07. The maximum absolute atomic E-state index is 6.50. The monoisotopic (exact) mass is 293 g/mol. The number of fused-ring (bicyclic) bond motifs is 1. The minimum atomic E-state index is 0.586. The van der Waals surface area contributed by atoms with E-state index in [0.29, 0.717) is 13.2 Å². The van der Waals surface area contributed by atoms with Gasteiger partial charge in [0.05, 0.1) is 0 Å². The molecule has 0 saturated carbocycles. The van der Waals surface area contributed by atoms with Crippen LogP contribution in [0.4, 0.5) is 0 Å². The number of nitrogens with zero attached hydrogens (tertiary/aromatic N) is 1. The summed E-state index contributed by atoms with van der Waals surface area (Å²) in [5.41, 5.74) is 9.18. The lowest BCUT2D eigenvalue weighted by molar-refractivity contribution is 0.306. The average molecular weight is 293 g/mol. The molecule has 22 heavy (non-hydrogen) atoms. The van der Waals surface area contributed by atoms with E-state index in [9.17, 15) is 0 Å². The van der Waals surface area contributed by atoms with E-state index in [1.54, 1.807) is 0 Å². The van der Waals surface area contributed by atoms with Crippen molar-refractivity contribution in [3.63, 3.8) is 0 Å². The van der Waals surface area contributed by atoms with Crippen molar-refractivity contribution in [1.82, 2.24) is 4.98 Å². The fourth-order valence-electron chi connectivity index (χ4n) is 2.35. The van der Waals surface area contributed by atoms with Crippen LogP contribution in [0.15, 0.2) is 54.7 Å². The van der Waals surface area contributed by atoms with E-state index in [2.05, 4.69) is 35.8 Å². The molecule has 3 rings (SSSR count). The Labute approximate surface area is 130 Å². The number of aromatic nitrogens is 1. The van der Waals surface area contributed by atoms with Gasteiger partial charge in [-0.25, -0.2) is 5.26 Å². The molecule has 0 aliphatic rings. The summed E-state index contributed by atoms with van der Waals surface area (Å²) < 4.78 is 5.86. The van der Waals surface area contributed by atoms with Gasteiger partial charge in [-0.2, -0.15) is 0 Å². The minimum Gasteiger partial charge on any atom is -0.489 e. The summed E-state index contributed by atoms with van der Waals surface area (Å²) in [6.45, 7) is 4.74. The van der Waals surface area contributed by atoms with Crippen molar-refractivity contribution in [2.75, 3.05) is 6.54 Å². The Bertz CT molecular complexity index is 732. The number of aromatic amines is 1. The molecule has 0 fully saturated rings. The van der Waals surface area contributed by atoms with Crippen LogP contribution in [0.25, 0.3) is 10.9 Å². The van der Waals surface area contributed by atoms with E-state index < -0.39 is 0 Å². The SMILES string of the molecule is C#N.NCCc1c[nH]c2ccc(OCc3ccccc3)cc12. The van der Waals surface area contributed by atoms with Gasteiger partial charge in [-0.1, -0.05) is 30.3 Å². The molecule has 3 aromatic rings. The van der Waals surface area contributed by atoms with Crippen molar-refractivity contribution in [2.45, 2.75) is 13.0 Å². The van der Waals surface area contributed by atoms with Crippen LogP contribution in [0.1, 0.15) is 11.1 Å². The average Bonchev–Trinajstić information content (AvgIpc) is 2.99. The van der Waals surface area contributed by atoms with Crippen LogP contribution in [0.2, 0.25) is 0 Å². The molecule has 0 aliphatic carbocycles. The first kappa shape index (κ1) is 15.6. The number of hydrogen-bond donors (Lipinski definition) is 2. The third-order valence-electron chi connectivity index (χ3n) is 3.40. The predicted octanol–water partition coefficient (Wildman–Crippen LogP) is 3.39. The molecule has 4 heteroatoms. The second kappa shape index (κ2) is 7.87. The number of nitriles is 1. The fraction of sp³-hybridized carbons (Fsp3) is 0.167. The van der Waals surface area contributed by atoms with Gasteiger partial charge in [-0.05, 0) is 42.3 Å². The lowest BCUT2D eigenvalue weighted by Crippen LogP contribution is -2.01. The molecule has 0 bridgehead atoms. The van der Waals surface area contributed by atoms with E-state index >= 15 is 0 Å². The highest BCUT2D eigenvalue weighted by molar-refractivity contribution is 5.84. The van der Waals surface area contributed by atoms with Gasteiger partial charge in [0.2, 0.25) is 0 Å². The van der Waals surface area contributed by atoms with Gasteiger partial charge in [0.15, 0.2) is 0 Å². The summed E-state index contributed by atoms with van der Waals surface area (Å²) in [4.78, 5) is 3.26. The molecule has 0 saturated heterocycles. The molecule has 0 aliphatic heterocycles. The van der Waals surface area contributed by atoms with Crippen LogP contribution in [-0.4, -0.2) is 11.5 Å². The Balaban J connectivity index is 0.000000847. The van der Waals surface area contributed by atoms with E-state index in [4.69, 9.17) is 15.7 Å². The second-order valence-electron chi connectivity index (χ2n) is 4.83. The number of hydrogen-bond acceptors (Lipinski definition) is 3. The van der Waals surface area contributed by atoms with Crippen molar-refractivity contribution in [2.24, 2.45) is 5.73 Å². The highest BCUT2D eigenvalue weighted by Crippen LogP contribution is 2.24. The molecule has 0 spiro atoms. The molecule has 0 atom stereocenters. The smallest absolute Gasteiger partial charge is 0.120 e. The molecule has 4 nitrogen and oxygen atoms in total. The van der Waals surface area contributed by atoms with Crippen molar-refractivity contribution in [3.8, 4) is 12.3 Å². The molecular formula is C18H19N3O. The highest BCUT2D eigenvalue weighted by atomic mass is 16.5. The van der Waals surface area contributed by atoms with Crippen LogP contribution in [0, 0.1) is 11.8 Å². The molecule has 112 valence electrons. The maximum atomic E-state index is 6.50. The van der Waals surface area contributed by atoms with E-state index in [-0.39, 0.29) is 0 Å². The van der Waals surface area contributed by atoms with Crippen molar-refractivity contribution in [3.05, 3.63) is 65.9 Å². The normalized spacial score (nSPS) is 9.95. The molecule has 1 heterocycles. The fourth-order valence-corrected chi connectivity index (χ4v) is 2.35. The number of H-pyrrole nitrogens is 1. The summed E-state index contributed by atoms with van der Waals surface area (Å²) in [5.74, 6) is 0.888. The Morgan fingerprint density at radius 2 is 1.86 bits per heavy atom. The Hall–Kier alpha value is -2.77. The zero-order valence-corrected chi connectivity index (χ0v) is 12.3. The number of nitrogens with two attached hydrogens (primary N) is 1. The quantitative estimate of drug-likeness (QED) is 0.757. The lowest BCUT2D eigenvalue weighted by atomic mass is 10.1. The van der Waals surface area contributed by atoms with Crippen molar-refractivity contribution < 1.29 is 4.74 Å². The third kappa shape index (κ3) is 3.66. The van der Waals surface area contributed by atoms with Gasteiger partial charge < -0.3 is 15.5 Å². The summed E-state index contributed by atoms with van der Waals surface area (Å²) in [7, 11) is 0. The molecule has 0 amide bonds. The van der Waals surface area contributed by atoms with Crippen molar-refractivity contribution >= 4 is 10.9 Å². The van der Waals surface area contributed by atoms with E-state index in [1.807, 2.05) is 30.5 Å². The zero-order chi connectivity index (χ0) is 15.8. The predicted molar refractivity (Wildman–Crippen MR) is 88.5 cm³/mol. The van der Waals surface area contributed by atoms with Crippen molar-refractivity contribution in [1.29, 1.82) is 5.26 Å². The van der Waals surface area contributed by atoms with Gasteiger partial charge in [-0.15, -0.1) is 0 Å². The first-order chi connectivity index (χ1) is 10.9. The van der Waals surface area contributed by atoms with E-state index in [0.717, 1.165) is 17.7 Å². The third-order valence-corrected chi connectivity index (χ3v) is 3.40. The van der Waals surface area contributed by atoms with Crippen LogP contribution in [0.3, 0.4) is 0 Å². The number of benzene rings is 2. The van der Waals surface area contributed by atoms with Gasteiger partial charge >= 0.3 is 0 Å². The minimum absolute atomic E-state index is 0.586. The second-order valence-corrected chi connectivity index (χ2v) is 4.83. The van der Waals surface area contributed by atoms with E-state index in [1.165, 1.54) is 16.5 Å². The van der Waals surface area contributed by atoms with Crippen LogP contribution < -0.4 is 10.5 Å². The standard InChI is InChI=1S/C17H18N2O.CHN/c18-9-8-14-11-19-17-7-6-15(10-16(14)17)20-12-13-4-2-1-3-5-13;1-2/h1-7,10-11,19H,8-9,12,18H2;1H. The first-order valence-electron chi connectivity index (χ1n) is 7.09. The van der Waals surface area contributed by atoms with Crippen LogP contribution >= 0.6 is 0 Å². The molecule has 2 aromatic carbocycles. The Kier molecular flexibility index (Phi) is 5.58. The molecular weight excluding hydrogens is 274 g/mol. The van der Waals surface area contributed by atoms with Gasteiger partial charge in [0, 0.05) is 23.7 Å². The summed E-state index contributed by atoms with van der Waals surface area (Å²) in [6, 6.07) is 16.3. The zero-order valence-electron chi connectivity index (χ0n) is 12.3. The largest absolute Gasteiger partial charge is 0.489 e. The Morgan fingerprint density at radius 3 is 2.59 bits per heavy atom. The summed E-state index contributed by atoms with van der Waals surface area (Å²) >= 11 is 0. The number of nitrogens with one attached hydrogen (secondary N) is 1. The Morgan fingerprint density at radius 1 is 1.09 bits per heavy atom. The first-order valence-corrected chi connectivity index (χ1v) is 7.09. The highest BCUT2D eigenvalue weighted by Gasteiger charge is 2.05. The van der Waals surface area contributed by atoms with Crippen LogP contribution in [-0.2, 0) is 13.0 Å². The molecule has 3 N–H and O–H groups in total.